The van der Waals surface area contributed by atoms with Gasteiger partial charge in [0.05, 0.1) is 0 Å². The first-order chi connectivity index (χ1) is 9.60. The minimum atomic E-state index is 0.398. The Bertz CT molecular complexity index is 376. The van der Waals surface area contributed by atoms with Crippen LogP contribution in [-0.2, 0) is 0 Å². The maximum Gasteiger partial charge on any atom is 0.0415 e. The fourth-order valence-corrected chi connectivity index (χ4v) is 2.50. The Morgan fingerprint density at radius 3 is 2.35 bits per heavy atom. The number of para-hydroxylation sites is 1. The van der Waals surface area contributed by atoms with Gasteiger partial charge >= 0.3 is 0 Å². The van der Waals surface area contributed by atoms with Crippen LogP contribution in [0.1, 0.15) is 38.8 Å². The summed E-state index contributed by atoms with van der Waals surface area (Å²) in [6.45, 7) is 10.9. The minimum Gasteiger partial charge on any atom is -0.370 e. The third-order valence-corrected chi connectivity index (χ3v) is 3.56. The number of hydrogen-bond acceptors (Lipinski definition) is 3. The van der Waals surface area contributed by atoms with Crippen LogP contribution in [0.3, 0.4) is 0 Å². The van der Waals surface area contributed by atoms with Crippen LogP contribution in [0.25, 0.3) is 0 Å². The molecule has 1 N–H and O–H groups in total. The molecule has 1 atom stereocenters. The first-order valence-electron chi connectivity index (χ1n) is 7.82. The molecule has 1 unspecified atom stereocenters. The average Bonchev–Trinajstić information content (AvgIpc) is 2.43. The van der Waals surface area contributed by atoms with Crippen LogP contribution in [-0.4, -0.2) is 45.2 Å². The van der Waals surface area contributed by atoms with Crippen LogP contribution in [0.2, 0.25) is 0 Å². The van der Waals surface area contributed by atoms with E-state index in [1.54, 1.807) is 0 Å². The van der Waals surface area contributed by atoms with E-state index in [2.05, 4.69) is 74.2 Å². The molecule has 0 aliphatic rings. The largest absolute Gasteiger partial charge is 0.370 e. The highest BCUT2D eigenvalue weighted by atomic mass is 15.2. The predicted molar refractivity (Wildman–Crippen MR) is 89.6 cm³/mol. The zero-order valence-electron chi connectivity index (χ0n) is 13.8. The molecular weight excluding hydrogens is 246 g/mol. The zero-order valence-corrected chi connectivity index (χ0v) is 13.8. The molecule has 0 saturated carbocycles. The van der Waals surface area contributed by atoms with Crippen LogP contribution >= 0.6 is 0 Å². The van der Waals surface area contributed by atoms with Crippen molar-refractivity contribution in [3.63, 3.8) is 0 Å². The molecule has 0 aromatic heterocycles. The second-order valence-corrected chi connectivity index (χ2v) is 5.63. The molecule has 0 saturated heterocycles. The maximum atomic E-state index is 3.53. The molecule has 1 aromatic rings. The van der Waals surface area contributed by atoms with Gasteiger partial charge in [-0.1, -0.05) is 32.0 Å². The number of anilines is 1. The fraction of sp³-hybridized carbons (Fsp3) is 0.647. The molecule has 20 heavy (non-hydrogen) atoms. The molecule has 3 heteroatoms. The van der Waals surface area contributed by atoms with Crippen LogP contribution in [0.4, 0.5) is 5.69 Å². The van der Waals surface area contributed by atoms with Gasteiger partial charge in [0.25, 0.3) is 0 Å². The Morgan fingerprint density at radius 2 is 1.75 bits per heavy atom. The highest BCUT2D eigenvalue weighted by molar-refractivity contribution is 5.55. The lowest BCUT2D eigenvalue weighted by Crippen LogP contribution is -2.33. The van der Waals surface area contributed by atoms with Gasteiger partial charge in [0, 0.05) is 31.4 Å². The smallest absolute Gasteiger partial charge is 0.0415 e. The van der Waals surface area contributed by atoms with Gasteiger partial charge in [0.15, 0.2) is 0 Å². The summed E-state index contributed by atoms with van der Waals surface area (Å²) < 4.78 is 0. The molecular formula is C17H31N3. The number of benzene rings is 1. The molecule has 0 aliphatic carbocycles. The van der Waals surface area contributed by atoms with Gasteiger partial charge in [0.1, 0.15) is 0 Å². The lowest BCUT2D eigenvalue weighted by atomic mass is 10.0. The van der Waals surface area contributed by atoms with E-state index < -0.39 is 0 Å². The summed E-state index contributed by atoms with van der Waals surface area (Å²) in [6, 6.07) is 9.20. The van der Waals surface area contributed by atoms with Crippen molar-refractivity contribution in [2.45, 2.75) is 33.2 Å². The van der Waals surface area contributed by atoms with Gasteiger partial charge in [-0.15, -0.1) is 0 Å². The number of likely N-dealkylation sites (N-methyl/N-ethyl adjacent to an activating group) is 1. The van der Waals surface area contributed by atoms with E-state index in [0.29, 0.717) is 6.04 Å². The van der Waals surface area contributed by atoms with E-state index >= 15 is 0 Å². The molecule has 0 fully saturated rings. The summed E-state index contributed by atoms with van der Waals surface area (Å²) in [5.41, 5.74) is 2.78. The SMILES string of the molecule is CCCN(CCN(C)C)c1ccccc1C(C)NCC. The lowest BCUT2D eigenvalue weighted by molar-refractivity contribution is 0.412. The molecule has 0 amide bonds. The zero-order chi connectivity index (χ0) is 15.0. The van der Waals surface area contributed by atoms with Crippen molar-refractivity contribution < 1.29 is 0 Å². The molecule has 0 radical (unpaired) electrons. The Balaban J connectivity index is 2.93. The van der Waals surface area contributed by atoms with Crippen LogP contribution in [0.5, 0.6) is 0 Å². The topological polar surface area (TPSA) is 18.5 Å². The molecule has 0 heterocycles. The Labute approximate surface area is 125 Å². The second kappa shape index (κ2) is 8.98. The van der Waals surface area contributed by atoms with E-state index in [-0.39, 0.29) is 0 Å². The van der Waals surface area contributed by atoms with Crippen LogP contribution in [0, 0.1) is 0 Å². The van der Waals surface area contributed by atoms with Gasteiger partial charge < -0.3 is 15.1 Å². The van der Waals surface area contributed by atoms with Gasteiger partial charge in [-0.25, -0.2) is 0 Å². The normalized spacial score (nSPS) is 12.7. The summed E-state index contributed by atoms with van der Waals surface area (Å²) in [6.07, 6.45) is 1.18. The van der Waals surface area contributed by atoms with Crippen molar-refractivity contribution in [3.05, 3.63) is 29.8 Å². The number of nitrogens with one attached hydrogen (secondary N) is 1. The molecule has 0 aliphatic heterocycles. The molecule has 0 spiro atoms. The Kier molecular flexibility index (Phi) is 7.63. The third kappa shape index (κ3) is 5.14. The highest BCUT2D eigenvalue weighted by Crippen LogP contribution is 2.26. The Morgan fingerprint density at radius 1 is 1.05 bits per heavy atom. The molecule has 0 bridgehead atoms. The van der Waals surface area contributed by atoms with Crippen LogP contribution < -0.4 is 10.2 Å². The summed E-state index contributed by atoms with van der Waals surface area (Å²) in [5.74, 6) is 0. The molecule has 114 valence electrons. The van der Waals surface area contributed by atoms with E-state index in [4.69, 9.17) is 0 Å². The van der Waals surface area contributed by atoms with E-state index in [1.165, 1.54) is 17.7 Å². The van der Waals surface area contributed by atoms with Gasteiger partial charge in [0.2, 0.25) is 0 Å². The van der Waals surface area contributed by atoms with Gasteiger partial charge in [-0.05, 0) is 45.6 Å². The quantitative estimate of drug-likeness (QED) is 0.748. The minimum absolute atomic E-state index is 0.398. The first-order valence-corrected chi connectivity index (χ1v) is 7.82. The molecule has 3 nitrogen and oxygen atoms in total. The molecule has 1 aromatic carbocycles. The summed E-state index contributed by atoms with van der Waals surface area (Å²) in [5, 5.41) is 3.53. The van der Waals surface area contributed by atoms with Crippen molar-refractivity contribution >= 4 is 5.69 Å². The number of nitrogens with zero attached hydrogens (tertiary/aromatic N) is 2. The predicted octanol–water partition coefficient (Wildman–Crippen LogP) is 3.14. The van der Waals surface area contributed by atoms with Crippen molar-refractivity contribution in [1.82, 2.24) is 10.2 Å². The standard InChI is InChI=1S/C17H31N3/c1-6-12-20(14-13-19(4)5)17-11-9-8-10-16(17)15(3)18-7-2/h8-11,15,18H,6-7,12-14H2,1-5H3. The highest BCUT2D eigenvalue weighted by Gasteiger charge is 2.14. The average molecular weight is 277 g/mol. The fourth-order valence-electron chi connectivity index (χ4n) is 2.50. The van der Waals surface area contributed by atoms with Crippen molar-refractivity contribution in [1.29, 1.82) is 0 Å². The number of rotatable bonds is 9. The van der Waals surface area contributed by atoms with Gasteiger partial charge in [-0.3, -0.25) is 0 Å². The second-order valence-electron chi connectivity index (χ2n) is 5.63. The lowest BCUT2D eigenvalue weighted by Gasteiger charge is -2.30. The summed E-state index contributed by atoms with van der Waals surface area (Å²) in [4.78, 5) is 4.77. The summed E-state index contributed by atoms with van der Waals surface area (Å²) >= 11 is 0. The first kappa shape index (κ1) is 17.0. The van der Waals surface area contributed by atoms with E-state index in [9.17, 15) is 0 Å². The number of hydrogen-bond donors (Lipinski definition) is 1. The van der Waals surface area contributed by atoms with Crippen molar-refractivity contribution in [3.8, 4) is 0 Å². The summed E-state index contributed by atoms with van der Waals surface area (Å²) in [7, 11) is 4.27. The third-order valence-electron chi connectivity index (χ3n) is 3.56. The van der Waals surface area contributed by atoms with Gasteiger partial charge in [-0.2, -0.15) is 0 Å². The van der Waals surface area contributed by atoms with Crippen LogP contribution in [0.15, 0.2) is 24.3 Å². The van der Waals surface area contributed by atoms with Crippen molar-refractivity contribution in [2.24, 2.45) is 0 Å². The molecule has 1 rings (SSSR count). The van der Waals surface area contributed by atoms with Crippen molar-refractivity contribution in [2.75, 3.05) is 45.2 Å². The monoisotopic (exact) mass is 277 g/mol. The maximum absolute atomic E-state index is 3.53. The van der Waals surface area contributed by atoms with E-state index in [0.717, 1.165) is 26.2 Å². The van der Waals surface area contributed by atoms with E-state index in [1.807, 2.05) is 0 Å². The Hall–Kier alpha value is -1.06.